The lowest BCUT2D eigenvalue weighted by Gasteiger charge is -2.20. The van der Waals surface area contributed by atoms with E-state index in [1.54, 1.807) is 0 Å². The van der Waals surface area contributed by atoms with Crippen molar-refractivity contribution in [2.75, 3.05) is 5.75 Å². The van der Waals surface area contributed by atoms with E-state index in [1.165, 1.54) is 74.5 Å². The van der Waals surface area contributed by atoms with Gasteiger partial charge in [-0.25, -0.2) is 4.79 Å². The van der Waals surface area contributed by atoms with E-state index < -0.39 is 23.3 Å². The highest BCUT2D eigenvalue weighted by atomic mass is 32.2. The molecule has 29 heavy (non-hydrogen) atoms. The third kappa shape index (κ3) is 11.1. The van der Waals surface area contributed by atoms with Crippen molar-refractivity contribution in [2.24, 2.45) is 0 Å². The molecule has 1 aromatic heterocycles. The van der Waals surface area contributed by atoms with Gasteiger partial charge >= 0.3 is 11.9 Å². The topological polar surface area (TPSA) is 94.8 Å². The first-order valence-electron chi connectivity index (χ1n) is 10.8. The van der Waals surface area contributed by atoms with Crippen molar-refractivity contribution in [1.29, 1.82) is 0 Å². The van der Waals surface area contributed by atoms with Crippen molar-refractivity contribution in [3.63, 3.8) is 0 Å². The minimum absolute atomic E-state index is 0.0489. The highest BCUT2D eigenvalue weighted by Crippen LogP contribution is 2.38. The summed E-state index contributed by atoms with van der Waals surface area (Å²) in [6.07, 6.45) is 12.0. The number of carbonyl (C=O) groups is 2. The van der Waals surface area contributed by atoms with Gasteiger partial charge in [0, 0.05) is 10.6 Å². The van der Waals surface area contributed by atoms with Crippen LogP contribution >= 0.6 is 23.1 Å². The van der Waals surface area contributed by atoms with Crippen molar-refractivity contribution in [2.45, 2.75) is 95.3 Å². The largest absolute Gasteiger partial charge is 0.481 e. The molecule has 0 aromatic carbocycles. The Morgan fingerprint density at radius 1 is 1.00 bits per heavy atom. The van der Waals surface area contributed by atoms with Crippen LogP contribution in [0.1, 0.15) is 93.2 Å². The van der Waals surface area contributed by atoms with Gasteiger partial charge in [-0.3, -0.25) is 4.79 Å². The van der Waals surface area contributed by atoms with E-state index in [2.05, 4.69) is 6.92 Å². The van der Waals surface area contributed by atoms with Crippen molar-refractivity contribution in [3.8, 4) is 0 Å². The van der Waals surface area contributed by atoms with Gasteiger partial charge in [-0.05, 0) is 29.9 Å². The first-order valence-corrected chi connectivity index (χ1v) is 12.7. The zero-order chi connectivity index (χ0) is 21.5. The Balaban J connectivity index is 2.42. The lowest BCUT2D eigenvalue weighted by atomic mass is 10.0. The zero-order valence-electron chi connectivity index (χ0n) is 17.5. The molecule has 1 rings (SSSR count). The third-order valence-corrected chi connectivity index (χ3v) is 7.48. The molecule has 0 bridgehead atoms. The normalized spacial score (nSPS) is 13.3. The molecule has 2 unspecified atom stereocenters. The van der Waals surface area contributed by atoms with E-state index in [1.807, 2.05) is 11.4 Å². The molecule has 166 valence electrons. The van der Waals surface area contributed by atoms with E-state index in [4.69, 9.17) is 5.11 Å². The van der Waals surface area contributed by atoms with Gasteiger partial charge in [-0.1, -0.05) is 64.7 Å². The fraction of sp³-hybridized carbons (Fsp3) is 0.727. The lowest BCUT2D eigenvalue weighted by Crippen LogP contribution is -2.26. The molecule has 0 saturated heterocycles. The molecule has 5 nitrogen and oxygen atoms in total. The summed E-state index contributed by atoms with van der Waals surface area (Å²) in [6.45, 7) is 2.23. The van der Waals surface area contributed by atoms with Gasteiger partial charge in [-0.2, -0.15) is 0 Å². The maximum atomic E-state index is 11.3. The number of thiophene rings is 1. The highest BCUT2D eigenvalue weighted by molar-refractivity contribution is 7.99. The molecule has 0 spiro atoms. The molecule has 0 fully saturated rings. The molecule has 1 heterocycles. The number of aryl methyl sites for hydroxylation is 1. The van der Waals surface area contributed by atoms with Crippen LogP contribution < -0.4 is 0 Å². The van der Waals surface area contributed by atoms with Crippen molar-refractivity contribution >= 4 is 35.0 Å². The Labute approximate surface area is 182 Å². The molecule has 0 radical (unpaired) electrons. The Morgan fingerprint density at radius 2 is 1.59 bits per heavy atom. The van der Waals surface area contributed by atoms with Gasteiger partial charge in [-0.15, -0.1) is 23.1 Å². The van der Waals surface area contributed by atoms with E-state index in [-0.39, 0.29) is 12.2 Å². The Kier molecular flexibility index (Phi) is 14.1. The fourth-order valence-corrected chi connectivity index (χ4v) is 5.80. The van der Waals surface area contributed by atoms with Crippen LogP contribution in [0.2, 0.25) is 0 Å². The molecule has 0 aliphatic carbocycles. The van der Waals surface area contributed by atoms with Gasteiger partial charge in [0.05, 0.1) is 11.7 Å². The Hall–Kier alpha value is -1.05. The highest BCUT2D eigenvalue weighted by Gasteiger charge is 2.30. The molecule has 2 atom stereocenters. The van der Waals surface area contributed by atoms with E-state index in [0.717, 1.165) is 29.7 Å². The van der Waals surface area contributed by atoms with Crippen LogP contribution in [-0.2, 0) is 16.0 Å². The fourth-order valence-electron chi connectivity index (χ4n) is 3.32. The average molecular weight is 445 g/mol. The van der Waals surface area contributed by atoms with Crippen molar-refractivity contribution in [3.05, 3.63) is 21.9 Å². The summed E-state index contributed by atoms with van der Waals surface area (Å²) < 4.78 is 0. The number of carboxylic acid groups (broad SMARTS) is 2. The zero-order valence-corrected chi connectivity index (χ0v) is 19.1. The molecule has 1 aromatic rings. The van der Waals surface area contributed by atoms with Crippen LogP contribution in [0, 0.1) is 0 Å². The summed E-state index contributed by atoms with van der Waals surface area (Å²) in [5, 5.41) is 29.5. The van der Waals surface area contributed by atoms with E-state index >= 15 is 0 Å². The minimum Gasteiger partial charge on any atom is -0.481 e. The third-order valence-electron chi connectivity index (χ3n) is 4.99. The maximum Gasteiger partial charge on any atom is 0.334 e. The molecule has 0 aliphatic heterocycles. The summed E-state index contributed by atoms with van der Waals surface area (Å²) in [7, 11) is 0. The number of rotatable bonds is 18. The molecule has 0 saturated carbocycles. The van der Waals surface area contributed by atoms with Crippen LogP contribution in [0.25, 0.3) is 0 Å². The predicted molar refractivity (Wildman–Crippen MR) is 121 cm³/mol. The smallest absolute Gasteiger partial charge is 0.334 e. The van der Waals surface area contributed by atoms with Crippen LogP contribution in [0.4, 0.5) is 0 Å². The SMILES string of the molecule is CCCCCCCCCCCCc1ccsc1C(SCCC(=O)O)C(O)C(=O)O. The molecule has 3 N–H and O–H groups in total. The molecular weight excluding hydrogens is 408 g/mol. The van der Waals surface area contributed by atoms with Crippen LogP contribution in [0.3, 0.4) is 0 Å². The van der Waals surface area contributed by atoms with Gasteiger partial charge in [0.15, 0.2) is 6.10 Å². The minimum atomic E-state index is -1.53. The summed E-state index contributed by atoms with van der Waals surface area (Å²) in [5.74, 6) is -1.91. The average Bonchev–Trinajstić information content (AvgIpc) is 3.14. The number of thioether (sulfide) groups is 1. The number of hydrogen-bond donors (Lipinski definition) is 3. The lowest BCUT2D eigenvalue weighted by molar-refractivity contribution is -0.146. The molecule has 7 heteroatoms. The Morgan fingerprint density at radius 3 is 2.14 bits per heavy atom. The van der Waals surface area contributed by atoms with Crippen molar-refractivity contribution < 1.29 is 24.9 Å². The predicted octanol–water partition coefficient (Wildman–Crippen LogP) is 5.91. The first-order chi connectivity index (χ1) is 14.0. The summed E-state index contributed by atoms with van der Waals surface area (Å²) in [6, 6.07) is 2.01. The van der Waals surface area contributed by atoms with Gasteiger partial charge in [0.1, 0.15) is 0 Å². The number of aliphatic carboxylic acids is 2. The Bertz CT molecular complexity index is 588. The van der Waals surface area contributed by atoms with Gasteiger partial charge < -0.3 is 15.3 Å². The molecular formula is C22H36O5S2. The maximum absolute atomic E-state index is 11.3. The van der Waals surface area contributed by atoms with Crippen LogP contribution in [0.5, 0.6) is 0 Å². The monoisotopic (exact) mass is 444 g/mol. The van der Waals surface area contributed by atoms with Gasteiger partial charge in [0.25, 0.3) is 0 Å². The standard InChI is InChI=1S/C22H36O5S2/c1-2-3-4-5-6-7-8-9-10-11-12-17-13-15-28-20(17)21(19(25)22(26)27)29-16-14-18(23)24/h13,15,19,21,25H,2-12,14,16H2,1H3,(H,23,24)(H,26,27). The quantitative estimate of drug-likeness (QED) is 0.244. The first kappa shape index (κ1) is 26.0. The van der Waals surface area contributed by atoms with Crippen LogP contribution in [0.15, 0.2) is 11.4 Å². The second-order valence-electron chi connectivity index (χ2n) is 7.46. The van der Waals surface area contributed by atoms with E-state index in [0.29, 0.717) is 0 Å². The second kappa shape index (κ2) is 15.7. The number of unbranched alkanes of at least 4 members (excludes halogenated alkanes) is 9. The number of aliphatic hydroxyl groups is 1. The molecule has 0 aliphatic rings. The molecule has 0 amide bonds. The summed E-state index contributed by atoms with van der Waals surface area (Å²) in [5.41, 5.74) is 1.09. The van der Waals surface area contributed by atoms with Gasteiger partial charge in [0.2, 0.25) is 0 Å². The van der Waals surface area contributed by atoms with Crippen molar-refractivity contribution in [1.82, 2.24) is 0 Å². The summed E-state index contributed by atoms with van der Waals surface area (Å²) >= 11 is 2.67. The summed E-state index contributed by atoms with van der Waals surface area (Å²) in [4.78, 5) is 22.9. The number of aliphatic hydroxyl groups excluding tert-OH is 1. The number of hydrogen-bond acceptors (Lipinski definition) is 5. The van der Waals surface area contributed by atoms with E-state index in [9.17, 15) is 19.8 Å². The van der Waals surface area contributed by atoms with Crippen LogP contribution in [-0.4, -0.2) is 39.1 Å². The number of carboxylic acids is 2. The second-order valence-corrected chi connectivity index (χ2v) is 9.66.